The standard InChI is InChI=1S/C10H20BO13P3/c1-10(7(5-8(11)22-10)21-9-3-2-4-19-9)6-20-26(15,16)24-27(17,18)23-25(12,13)14/h7-9H,2-6H2,1H3,(H,15,16)(H,17,18)(H2,12,13,14). The lowest BCUT2D eigenvalue weighted by Crippen LogP contribution is -2.43. The Labute approximate surface area is 156 Å². The fraction of sp³-hybridized carbons (Fsp3) is 1.00. The van der Waals surface area contributed by atoms with Crippen LogP contribution in [-0.2, 0) is 41.1 Å². The molecule has 2 rings (SSSR count). The fourth-order valence-corrected chi connectivity index (χ4v) is 5.72. The monoisotopic (exact) mass is 452 g/mol. The van der Waals surface area contributed by atoms with Gasteiger partial charge in [0.2, 0.25) is 0 Å². The summed E-state index contributed by atoms with van der Waals surface area (Å²) in [5.74, 6) is 0. The largest absolute Gasteiger partial charge is 0.490 e. The Kier molecular flexibility index (Phi) is 7.54. The Morgan fingerprint density at radius 2 is 1.81 bits per heavy atom. The van der Waals surface area contributed by atoms with Gasteiger partial charge in [-0.25, -0.2) is 13.7 Å². The molecular formula is C10H20BO13P3. The quantitative estimate of drug-likeness (QED) is 0.280. The van der Waals surface area contributed by atoms with Gasteiger partial charge in [0.25, 0.3) is 0 Å². The first kappa shape index (κ1) is 23.6. The van der Waals surface area contributed by atoms with Gasteiger partial charge in [-0.2, -0.15) is 8.62 Å². The van der Waals surface area contributed by atoms with Crippen LogP contribution in [0, 0.1) is 0 Å². The van der Waals surface area contributed by atoms with Gasteiger partial charge in [0.15, 0.2) is 6.29 Å². The third kappa shape index (κ3) is 7.60. The van der Waals surface area contributed by atoms with E-state index in [1.165, 1.54) is 6.92 Å². The summed E-state index contributed by atoms with van der Waals surface area (Å²) in [4.78, 5) is 35.7. The highest BCUT2D eigenvalue weighted by molar-refractivity contribution is 7.66. The van der Waals surface area contributed by atoms with Gasteiger partial charge >= 0.3 is 23.5 Å². The third-order valence-corrected chi connectivity index (χ3v) is 7.46. The second kappa shape index (κ2) is 8.61. The molecule has 2 fully saturated rings. The summed E-state index contributed by atoms with van der Waals surface area (Å²) >= 11 is 0. The Balaban J connectivity index is 1.98. The summed E-state index contributed by atoms with van der Waals surface area (Å²) in [7, 11) is -10.6. The Morgan fingerprint density at radius 3 is 2.37 bits per heavy atom. The Bertz CT molecular complexity index is 663. The molecule has 156 valence electrons. The van der Waals surface area contributed by atoms with Crippen LogP contribution in [-0.4, -0.2) is 64.6 Å². The van der Waals surface area contributed by atoms with E-state index in [0.29, 0.717) is 13.0 Å². The second-order valence-corrected chi connectivity index (χ2v) is 10.6. The van der Waals surface area contributed by atoms with Gasteiger partial charge in [0.1, 0.15) is 13.4 Å². The van der Waals surface area contributed by atoms with Crippen molar-refractivity contribution in [3.05, 3.63) is 0 Å². The molecule has 0 saturated carbocycles. The van der Waals surface area contributed by atoms with Crippen LogP contribution in [0.2, 0.25) is 0 Å². The predicted molar refractivity (Wildman–Crippen MR) is 87.3 cm³/mol. The van der Waals surface area contributed by atoms with E-state index >= 15 is 0 Å². The molecule has 2 heterocycles. The minimum atomic E-state index is -5.59. The number of hydrogen-bond donors (Lipinski definition) is 4. The lowest BCUT2D eigenvalue weighted by atomic mass is 9.93. The molecule has 0 aromatic carbocycles. The maximum atomic E-state index is 11.8. The van der Waals surface area contributed by atoms with Gasteiger partial charge in [-0.05, 0) is 19.8 Å². The molecule has 0 aliphatic carbocycles. The third-order valence-electron chi connectivity index (χ3n) is 3.68. The molecule has 0 spiro atoms. The van der Waals surface area contributed by atoms with E-state index in [0.717, 1.165) is 6.42 Å². The molecule has 2 radical (unpaired) electrons. The van der Waals surface area contributed by atoms with Crippen LogP contribution in [0.1, 0.15) is 26.2 Å². The van der Waals surface area contributed by atoms with Crippen LogP contribution < -0.4 is 0 Å². The zero-order chi connectivity index (χ0) is 20.5. The van der Waals surface area contributed by atoms with Crippen molar-refractivity contribution in [2.45, 2.75) is 50.2 Å². The maximum absolute atomic E-state index is 11.8. The SMILES string of the molecule is [B]C1CC(OC2CCCO2)C(C)(COP(=O)(O)OP(=O)(O)OP(=O)(O)O)O1. The molecule has 17 heteroatoms. The molecular weight excluding hydrogens is 432 g/mol. The highest BCUT2D eigenvalue weighted by Gasteiger charge is 2.48. The smallest absolute Gasteiger partial charge is 0.377 e. The van der Waals surface area contributed by atoms with E-state index in [1.54, 1.807) is 0 Å². The molecule has 27 heavy (non-hydrogen) atoms. The van der Waals surface area contributed by atoms with Crippen molar-refractivity contribution in [1.29, 1.82) is 0 Å². The molecule has 0 amide bonds. The van der Waals surface area contributed by atoms with E-state index < -0.39 is 54.1 Å². The average molecular weight is 452 g/mol. The van der Waals surface area contributed by atoms with Crippen LogP contribution in [0.3, 0.4) is 0 Å². The predicted octanol–water partition coefficient (Wildman–Crippen LogP) is 0.525. The van der Waals surface area contributed by atoms with Crippen molar-refractivity contribution in [2.75, 3.05) is 13.2 Å². The normalized spacial score (nSPS) is 36.4. The van der Waals surface area contributed by atoms with Gasteiger partial charge in [-0.3, -0.25) is 4.52 Å². The molecule has 13 nitrogen and oxygen atoms in total. The van der Waals surface area contributed by atoms with Gasteiger partial charge in [-0.15, -0.1) is 0 Å². The summed E-state index contributed by atoms with van der Waals surface area (Å²) in [5, 5.41) is 0. The molecule has 2 saturated heterocycles. The first-order chi connectivity index (χ1) is 12.2. The van der Waals surface area contributed by atoms with Gasteiger partial charge < -0.3 is 33.8 Å². The topological polar surface area (TPSA) is 188 Å². The number of hydrogen-bond acceptors (Lipinski definition) is 9. The molecule has 0 aromatic heterocycles. The number of phosphoric acid groups is 3. The second-order valence-electron chi connectivity index (χ2n) is 6.14. The molecule has 6 atom stereocenters. The van der Waals surface area contributed by atoms with Crippen LogP contribution in [0.15, 0.2) is 0 Å². The van der Waals surface area contributed by atoms with Gasteiger partial charge in [-0.1, -0.05) is 0 Å². The van der Waals surface area contributed by atoms with Crippen molar-refractivity contribution < 1.29 is 60.6 Å². The molecule has 2 aliphatic rings. The Hall–Kier alpha value is 0.355. The summed E-state index contributed by atoms with van der Waals surface area (Å²) in [6.45, 7) is 1.36. The minimum absolute atomic E-state index is 0.232. The van der Waals surface area contributed by atoms with E-state index in [1.807, 2.05) is 0 Å². The average Bonchev–Trinajstić information content (AvgIpc) is 3.02. The lowest BCUT2D eigenvalue weighted by Gasteiger charge is -2.32. The highest BCUT2D eigenvalue weighted by atomic mass is 31.3. The van der Waals surface area contributed by atoms with E-state index in [2.05, 4.69) is 13.1 Å². The molecule has 4 N–H and O–H groups in total. The van der Waals surface area contributed by atoms with Gasteiger partial charge in [0.05, 0.1) is 12.7 Å². The van der Waals surface area contributed by atoms with Crippen LogP contribution in [0.5, 0.6) is 0 Å². The summed E-state index contributed by atoms with van der Waals surface area (Å²) in [6.07, 6.45) is 0.522. The van der Waals surface area contributed by atoms with Crippen molar-refractivity contribution in [1.82, 2.24) is 0 Å². The maximum Gasteiger partial charge on any atom is 0.490 e. The zero-order valence-corrected chi connectivity index (χ0v) is 16.8. The van der Waals surface area contributed by atoms with Gasteiger partial charge in [0, 0.05) is 19.0 Å². The minimum Gasteiger partial charge on any atom is -0.377 e. The van der Waals surface area contributed by atoms with E-state index in [4.69, 9.17) is 36.7 Å². The molecule has 0 bridgehead atoms. The van der Waals surface area contributed by atoms with Crippen molar-refractivity contribution in [3.63, 3.8) is 0 Å². The molecule has 2 aliphatic heterocycles. The van der Waals surface area contributed by atoms with E-state index in [-0.39, 0.29) is 6.42 Å². The van der Waals surface area contributed by atoms with Crippen LogP contribution in [0.4, 0.5) is 0 Å². The van der Waals surface area contributed by atoms with Crippen molar-refractivity contribution >= 4 is 31.3 Å². The number of phosphoric ester groups is 1. The zero-order valence-electron chi connectivity index (χ0n) is 14.1. The first-order valence-corrected chi connectivity index (χ1v) is 12.2. The highest BCUT2D eigenvalue weighted by Crippen LogP contribution is 2.66. The van der Waals surface area contributed by atoms with Crippen molar-refractivity contribution in [3.8, 4) is 0 Å². The first-order valence-electron chi connectivity index (χ1n) is 7.69. The van der Waals surface area contributed by atoms with E-state index in [9.17, 15) is 18.6 Å². The van der Waals surface area contributed by atoms with Crippen molar-refractivity contribution in [2.24, 2.45) is 0 Å². The number of rotatable bonds is 9. The lowest BCUT2D eigenvalue weighted by molar-refractivity contribution is -0.185. The fourth-order valence-electron chi connectivity index (χ4n) is 2.61. The summed E-state index contributed by atoms with van der Waals surface area (Å²) in [6, 6.07) is -0.758. The molecule has 0 aromatic rings. The number of ether oxygens (including phenoxy) is 3. The molecule has 6 unspecified atom stereocenters. The Morgan fingerprint density at radius 1 is 1.15 bits per heavy atom. The van der Waals surface area contributed by atoms with Crippen LogP contribution in [0.25, 0.3) is 0 Å². The summed E-state index contributed by atoms with van der Waals surface area (Å²) in [5.41, 5.74) is -1.32. The van der Waals surface area contributed by atoms with Crippen LogP contribution >= 0.6 is 23.5 Å². The summed E-state index contributed by atoms with van der Waals surface area (Å²) < 4.78 is 62.3.